The van der Waals surface area contributed by atoms with Crippen LogP contribution in [0, 0.1) is 11.8 Å². The number of amides is 1. The summed E-state index contributed by atoms with van der Waals surface area (Å²) in [5.41, 5.74) is 7.02. The van der Waals surface area contributed by atoms with E-state index in [0.717, 1.165) is 18.8 Å². The molecule has 4 nitrogen and oxygen atoms in total. The highest BCUT2D eigenvalue weighted by atomic mass is 35.5. The van der Waals surface area contributed by atoms with E-state index in [0.29, 0.717) is 23.9 Å². The maximum Gasteiger partial charge on any atom is 0.253 e. The zero-order chi connectivity index (χ0) is 13.1. The van der Waals surface area contributed by atoms with Crippen LogP contribution in [0.4, 0.5) is 0 Å². The summed E-state index contributed by atoms with van der Waals surface area (Å²) in [7, 11) is 0. The molecule has 0 spiro atoms. The van der Waals surface area contributed by atoms with Gasteiger partial charge in [0.25, 0.3) is 5.91 Å². The van der Waals surface area contributed by atoms with E-state index in [2.05, 4.69) is 18.8 Å². The number of nitrogens with two attached hydrogens (primary N) is 1. The van der Waals surface area contributed by atoms with Crippen LogP contribution in [0.1, 0.15) is 36.3 Å². The zero-order valence-corrected chi connectivity index (χ0v) is 12.3. The number of pyridine rings is 1. The molecule has 2 N–H and O–H groups in total. The highest BCUT2D eigenvalue weighted by Gasteiger charge is 2.26. The van der Waals surface area contributed by atoms with Crippen molar-refractivity contribution in [1.82, 2.24) is 9.88 Å². The Balaban J connectivity index is 0.00000180. The third-order valence-corrected chi connectivity index (χ3v) is 3.43. The second-order valence-electron chi connectivity index (χ2n) is 5.40. The predicted octanol–water partition coefficient (Wildman–Crippen LogP) is 2.08. The first-order valence-electron chi connectivity index (χ1n) is 6.54. The summed E-state index contributed by atoms with van der Waals surface area (Å²) in [6, 6.07) is 3.57. The molecule has 2 unspecified atom stereocenters. The predicted molar refractivity (Wildman–Crippen MR) is 78.2 cm³/mol. The van der Waals surface area contributed by atoms with Gasteiger partial charge in [0.15, 0.2) is 0 Å². The zero-order valence-electron chi connectivity index (χ0n) is 11.5. The molecule has 1 saturated heterocycles. The van der Waals surface area contributed by atoms with Crippen LogP contribution in [0.25, 0.3) is 0 Å². The van der Waals surface area contributed by atoms with Gasteiger partial charge in [-0.1, -0.05) is 13.8 Å². The molecule has 1 aromatic rings. The highest BCUT2D eigenvalue weighted by Crippen LogP contribution is 2.22. The molecule has 5 heteroatoms. The van der Waals surface area contributed by atoms with Gasteiger partial charge < -0.3 is 10.6 Å². The summed E-state index contributed by atoms with van der Waals surface area (Å²) in [4.78, 5) is 18.5. The van der Waals surface area contributed by atoms with Gasteiger partial charge in [-0.25, -0.2) is 0 Å². The number of halogens is 1. The smallest absolute Gasteiger partial charge is 0.253 e. The quantitative estimate of drug-likeness (QED) is 0.904. The molecular weight excluding hydrogens is 262 g/mol. The Morgan fingerprint density at radius 1 is 1.42 bits per heavy atom. The van der Waals surface area contributed by atoms with Gasteiger partial charge >= 0.3 is 0 Å². The van der Waals surface area contributed by atoms with Gasteiger partial charge in [-0.3, -0.25) is 9.78 Å². The fourth-order valence-corrected chi connectivity index (χ4v) is 2.73. The molecule has 1 aliphatic rings. The number of hydrogen-bond donors (Lipinski definition) is 1. The van der Waals surface area contributed by atoms with E-state index in [4.69, 9.17) is 5.73 Å². The third-order valence-electron chi connectivity index (χ3n) is 3.43. The van der Waals surface area contributed by atoms with Crippen LogP contribution in [0.15, 0.2) is 18.3 Å². The van der Waals surface area contributed by atoms with Crippen LogP contribution < -0.4 is 5.73 Å². The molecule has 0 aromatic carbocycles. The number of rotatable bonds is 2. The van der Waals surface area contributed by atoms with Crippen LogP contribution in [-0.4, -0.2) is 28.9 Å². The summed E-state index contributed by atoms with van der Waals surface area (Å²) in [5, 5.41) is 0. The minimum atomic E-state index is 0. The van der Waals surface area contributed by atoms with Crippen LogP contribution in [0.5, 0.6) is 0 Å². The van der Waals surface area contributed by atoms with E-state index >= 15 is 0 Å². The van der Waals surface area contributed by atoms with E-state index < -0.39 is 0 Å². The van der Waals surface area contributed by atoms with Gasteiger partial charge in [0.1, 0.15) is 0 Å². The lowest BCUT2D eigenvalue weighted by Gasteiger charge is -2.35. The number of piperidine rings is 1. The first-order valence-corrected chi connectivity index (χ1v) is 6.54. The Morgan fingerprint density at radius 3 is 2.63 bits per heavy atom. The average molecular weight is 284 g/mol. The number of carbonyl (C=O) groups is 1. The lowest BCUT2D eigenvalue weighted by molar-refractivity contribution is 0.0623. The fraction of sp³-hybridized carbons (Fsp3) is 0.571. The van der Waals surface area contributed by atoms with Gasteiger partial charge in [0, 0.05) is 31.4 Å². The normalized spacial score (nSPS) is 22.8. The van der Waals surface area contributed by atoms with Crippen LogP contribution in [-0.2, 0) is 6.54 Å². The summed E-state index contributed by atoms with van der Waals surface area (Å²) >= 11 is 0. The molecule has 1 amide bonds. The number of likely N-dealkylation sites (tertiary alicyclic amines) is 1. The van der Waals surface area contributed by atoms with Crippen molar-refractivity contribution in [2.75, 3.05) is 13.1 Å². The van der Waals surface area contributed by atoms with E-state index in [1.165, 1.54) is 6.42 Å². The van der Waals surface area contributed by atoms with E-state index in [1.54, 1.807) is 18.3 Å². The highest BCUT2D eigenvalue weighted by molar-refractivity contribution is 5.94. The van der Waals surface area contributed by atoms with Crippen molar-refractivity contribution < 1.29 is 4.79 Å². The Morgan fingerprint density at radius 2 is 2.05 bits per heavy atom. The average Bonchev–Trinajstić information content (AvgIpc) is 2.37. The van der Waals surface area contributed by atoms with Crippen molar-refractivity contribution in [3.05, 3.63) is 29.6 Å². The number of hydrogen-bond acceptors (Lipinski definition) is 3. The monoisotopic (exact) mass is 283 g/mol. The maximum absolute atomic E-state index is 12.4. The molecule has 1 aliphatic heterocycles. The van der Waals surface area contributed by atoms with Gasteiger partial charge in [0.2, 0.25) is 0 Å². The lowest BCUT2D eigenvalue weighted by atomic mass is 9.91. The van der Waals surface area contributed by atoms with Gasteiger partial charge in [-0.05, 0) is 30.4 Å². The summed E-state index contributed by atoms with van der Waals surface area (Å²) < 4.78 is 0. The Labute approximate surface area is 120 Å². The van der Waals surface area contributed by atoms with Crippen molar-refractivity contribution >= 4 is 18.3 Å². The Hall–Kier alpha value is -1.13. The summed E-state index contributed by atoms with van der Waals surface area (Å²) in [5.74, 6) is 1.26. The summed E-state index contributed by atoms with van der Waals surface area (Å²) in [6.07, 6.45) is 2.86. The first kappa shape index (κ1) is 15.9. The van der Waals surface area contributed by atoms with E-state index in [-0.39, 0.29) is 18.3 Å². The molecular formula is C14H22ClN3O. The SMILES string of the molecule is CC1CC(C)CN(C(=O)c2ccnc(CN)c2)C1.Cl. The molecule has 2 atom stereocenters. The van der Waals surface area contributed by atoms with E-state index in [9.17, 15) is 4.79 Å². The maximum atomic E-state index is 12.4. The molecule has 0 bridgehead atoms. The van der Waals surface area contributed by atoms with Crippen LogP contribution in [0.2, 0.25) is 0 Å². The Bertz CT molecular complexity index is 428. The molecule has 0 aliphatic carbocycles. The summed E-state index contributed by atoms with van der Waals surface area (Å²) in [6.45, 7) is 6.47. The molecule has 0 saturated carbocycles. The molecule has 106 valence electrons. The minimum absolute atomic E-state index is 0. The minimum Gasteiger partial charge on any atom is -0.338 e. The van der Waals surface area contributed by atoms with Crippen molar-refractivity contribution in [3.63, 3.8) is 0 Å². The molecule has 2 heterocycles. The Kier molecular flexibility index (Phi) is 5.76. The van der Waals surface area contributed by atoms with Crippen molar-refractivity contribution in [3.8, 4) is 0 Å². The molecule has 2 rings (SSSR count). The van der Waals surface area contributed by atoms with Crippen molar-refractivity contribution in [1.29, 1.82) is 0 Å². The second-order valence-corrected chi connectivity index (χ2v) is 5.40. The number of nitrogens with zero attached hydrogens (tertiary/aromatic N) is 2. The largest absolute Gasteiger partial charge is 0.338 e. The molecule has 19 heavy (non-hydrogen) atoms. The topological polar surface area (TPSA) is 59.2 Å². The van der Waals surface area contributed by atoms with E-state index in [1.807, 2.05) is 4.90 Å². The van der Waals surface area contributed by atoms with Crippen LogP contribution >= 0.6 is 12.4 Å². The molecule has 1 aromatic heterocycles. The third kappa shape index (κ3) is 3.91. The standard InChI is InChI=1S/C14H21N3O.ClH/c1-10-5-11(2)9-17(8-10)14(18)12-3-4-16-13(6-12)7-15;/h3-4,6,10-11H,5,7-9,15H2,1-2H3;1H. The van der Waals surface area contributed by atoms with Crippen molar-refractivity contribution in [2.45, 2.75) is 26.8 Å². The number of carbonyl (C=O) groups excluding carboxylic acids is 1. The van der Waals surface area contributed by atoms with Gasteiger partial charge in [0.05, 0.1) is 5.69 Å². The fourth-order valence-electron chi connectivity index (χ4n) is 2.73. The van der Waals surface area contributed by atoms with Crippen LogP contribution in [0.3, 0.4) is 0 Å². The van der Waals surface area contributed by atoms with Crippen molar-refractivity contribution in [2.24, 2.45) is 17.6 Å². The lowest BCUT2D eigenvalue weighted by Crippen LogP contribution is -2.42. The van der Waals surface area contributed by atoms with Gasteiger partial charge in [-0.2, -0.15) is 0 Å². The molecule has 1 fully saturated rings. The van der Waals surface area contributed by atoms with Gasteiger partial charge in [-0.15, -0.1) is 12.4 Å². The molecule has 0 radical (unpaired) electrons. The first-order chi connectivity index (χ1) is 8.60. The number of aromatic nitrogens is 1. The second kappa shape index (κ2) is 6.87.